The molecule has 4 nitrogen and oxygen atoms in total. The average Bonchev–Trinajstić information content (AvgIpc) is 3.53. The molecule has 0 N–H and O–H groups in total. The summed E-state index contributed by atoms with van der Waals surface area (Å²) in [6, 6.07) is 11.1. The normalized spacial score (nSPS) is 15.1. The van der Waals surface area contributed by atoms with Crippen LogP contribution in [0, 0.1) is 0 Å². The lowest BCUT2D eigenvalue weighted by molar-refractivity contribution is -0.693. The van der Waals surface area contributed by atoms with Crippen LogP contribution in [-0.4, -0.2) is 11.6 Å². The molecule has 0 aliphatic carbocycles. The summed E-state index contributed by atoms with van der Waals surface area (Å²) < 4.78 is 44.5. The van der Waals surface area contributed by atoms with Crippen LogP contribution >= 0.6 is 46.0 Å². The number of aromatic nitrogens is 2. The predicted molar refractivity (Wildman–Crippen MR) is 146 cm³/mol. The van der Waals surface area contributed by atoms with Gasteiger partial charge in [-0.2, -0.15) is 17.7 Å². The fourth-order valence-electron chi connectivity index (χ4n) is 4.17. The molecule has 0 radical (unpaired) electrons. The van der Waals surface area contributed by atoms with Gasteiger partial charge in [0.25, 0.3) is 10.6 Å². The van der Waals surface area contributed by atoms with E-state index in [2.05, 4.69) is 0 Å². The van der Waals surface area contributed by atoms with Gasteiger partial charge in [-0.1, -0.05) is 52.9 Å². The zero-order valence-electron chi connectivity index (χ0n) is 20.3. The van der Waals surface area contributed by atoms with Gasteiger partial charge in [-0.25, -0.2) is 0 Å². The molecule has 38 heavy (non-hydrogen) atoms. The third-order valence-corrected chi connectivity index (χ3v) is 9.63. The van der Waals surface area contributed by atoms with E-state index in [0.717, 1.165) is 31.3 Å². The minimum absolute atomic E-state index is 0. The topological polar surface area (TPSA) is 29.1 Å². The molecule has 0 saturated heterocycles. The first kappa shape index (κ1) is 28.8. The molecule has 0 fully saturated rings. The lowest BCUT2D eigenvalue weighted by Gasteiger charge is -2.12. The number of anilines is 1. The molecular formula is C26H22Cl2F3N3OS3. The number of thiazole rings is 2. The Kier molecular flexibility index (Phi) is 8.68. The lowest BCUT2D eigenvalue weighted by Crippen LogP contribution is -3.00. The summed E-state index contributed by atoms with van der Waals surface area (Å²) in [4.78, 5) is 16.4. The molecule has 2 aromatic heterocycles. The molecule has 0 bridgehead atoms. The number of aryl methyl sites for hydroxylation is 2. The number of thioether (sulfide) groups is 1. The van der Waals surface area contributed by atoms with Gasteiger partial charge in [0, 0.05) is 29.9 Å². The van der Waals surface area contributed by atoms with Crippen LogP contribution in [0.4, 0.5) is 18.9 Å². The number of rotatable bonds is 5. The Balaban J connectivity index is 0.00000336. The third-order valence-electron chi connectivity index (χ3n) is 6.07. The van der Waals surface area contributed by atoms with E-state index in [-0.39, 0.29) is 18.0 Å². The summed E-state index contributed by atoms with van der Waals surface area (Å²) in [5, 5.41) is 4.39. The van der Waals surface area contributed by atoms with Crippen molar-refractivity contribution in [2.75, 3.05) is 11.9 Å². The molecule has 0 amide bonds. The zero-order valence-corrected chi connectivity index (χ0v) is 24.2. The van der Waals surface area contributed by atoms with Crippen LogP contribution in [-0.2, 0) is 25.7 Å². The standard InChI is InChI=1S/C26H22ClF3N3OS3.ClH/c1-3-33-22(37-23(24(33)34)25-31(2)19-8-7-18(27)14-20(19)36-25)15-21-32(11-12-35-21)10-9-16-5-4-6-17(13-16)26(28,29)30;/h4-8,11-15H,3,9-10H2,1-2H3;1H/q+1;/p-1/b25-23+;. The molecule has 2 aromatic carbocycles. The van der Waals surface area contributed by atoms with Gasteiger partial charge >= 0.3 is 6.18 Å². The molecule has 0 spiro atoms. The summed E-state index contributed by atoms with van der Waals surface area (Å²) in [6.07, 6.45) is 0.00784. The highest BCUT2D eigenvalue weighted by Gasteiger charge is 2.30. The van der Waals surface area contributed by atoms with Crippen LogP contribution < -0.4 is 36.6 Å². The highest BCUT2D eigenvalue weighted by molar-refractivity contribution is 8.08. The van der Waals surface area contributed by atoms with Crippen molar-refractivity contribution in [3.8, 4) is 0 Å². The Morgan fingerprint density at radius 1 is 1.16 bits per heavy atom. The minimum Gasteiger partial charge on any atom is -1.00 e. The van der Waals surface area contributed by atoms with Gasteiger partial charge in [0.1, 0.15) is 14.2 Å². The predicted octanol–water partition coefficient (Wildman–Crippen LogP) is 2.33. The maximum absolute atomic E-state index is 13.4. The van der Waals surface area contributed by atoms with Crippen LogP contribution in [0.1, 0.15) is 23.1 Å². The summed E-state index contributed by atoms with van der Waals surface area (Å²) in [7, 11) is 1.95. The largest absolute Gasteiger partial charge is 1.00 e. The van der Waals surface area contributed by atoms with E-state index in [9.17, 15) is 18.0 Å². The first-order valence-corrected chi connectivity index (χ1v) is 14.3. The quantitative estimate of drug-likeness (QED) is 0.323. The highest BCUT2D eigenvalue weighted by atomic mass is 35.5. The maximum atomic E-state index is 13.4. The van der Waals surface area contributed by atoms with Crippen molar-refractivity contribution in [1.82, 2.24) is 4.57 Å². The van der Waals surface area contributed by atoms with Crippen molar-refractivity contribution in [3.63, 3.8) is 0 Å². The van der Waals surface area contributed by atoms with Crippen LogP contribution in [0.5, 0.6) is 0 Å². The Bertz CT molecular complexity index is 1660. The number of benzene rings is 2. The summed E-state index contributed by atoms with van der Waals surface area (Å²) >= 11 is 10.7. The van der Waals surface area contributed by atoms with E-state index in [4.69, 9.17) is 11.6 Å². The molecule has 0 saturated carbocycles. The summed E-state index contributed by atoms with van der Waals surface area (Å²) in [5.41, 5.74) is 0.957. The monoisotopic (exact) mass is 615 g/mol. The fraction of sp³-hybridized carbons (Fsp3) is 0.231. The second-order valence-electron chi connectivity index (χ2n) is 8.42. The van der Waals surface area contributed by atoms with Crippen LogP contribution in [0.2, 0.25) is 5.02 Å². The van der Waals surface area contributed by atoms with Gasteiger partial charge in [-0.05, 0) is 36.8 Å². The van der Waals surface area contributed by atoms with E-state index >= 15 is 0 Å². The molecule has 200 valence electrons. The number of hydrogen-bond acceptors (Lipinski definition) is 5. The van der Waals surface area contributed by atoms with Gasteiger partial charge in [0.15, 0.2) is 12.7 Å². The molecule has 1 aliphatic rings. The first-order chi connectivity index (χ1) is 17.7. The molecule has 12 heteroatoms. The molecule has 3 heterocycles. The molecule has 0 unspecified atom stereocenters. The Labute approximate surface area is 240 Å². The molecular weight excluding hydrogens is 594 g/mol. The average molecular weight is 617 g/mol. The van der Waals surface area contributed by atoms with Crippen LogP contribution in [0.3, 0.4) is 0 Å². The van der Waals surface area contributed by atoms with E-state index in [0.29, 0.717) is 34.6 Å². The van der Waals surface area contributed by atoms with E-state index in [1.54, 1.807) is 10.6 Å². The minimum atomic E-state index is -4.36. The van der Waals surface area contributed by atoms with Crippen LogP contribution in [0.25, 0.3) is 11.1 Å². The number of hydrogen-bond donors (Lipinski definition) is 0. The summed E-state index contributed by atoms with van der Waals surface area (Å²) in [5.74, 6) is 0. The van der Waals surface area contributed by atoms with Crippen molar-refractivity contribution >= 4 is 62.8 Å². The van der Waals surface area contributed by atoms with Crippen molar-refractivity contribution in [3.05, 3.63) is 94.7 Å². The van der Waals surface area contributed by atoms with Gasteiger partial charge < -0.3 is 17.3 Å². The SMILES string of the molecule is CCn1c(=O)/c(=C2\Sc3cc(Cl)ccc3N2C)s/c1=C\c1scc[n+]1CCc1cccc(C(F)(F)F)c1.[Cl-]. The third kappa shape index (κ3) is 5.70. The highest BCUT2D eigenvalue weighted by Crippen LogP contribution is 2.46. The number of halogens is 5. The zero-order chi connectivity index (χ0) is 26.3. The molecule has 4 aromatic rings. The summed E-state index contributed by atoms with van der Waals surface area (Å²) in [6.45, 7) is 2.99. The second kappa shape index (κ2) is 11.5. The van der Waals surface area contributed by atoms with Crippen molar-refractivity contribution in [2.45, 2.75) is 37.5 Å². The lowest BCUT2D eigenvalue weighted by atomic mass is 10.1. The Hall–Kier alpha value is -2.24. The molecule has 5 rings (SSSR count). The Morgan fingerprint density at radius 3 is 2.68 bits per heavy atom. The number of alkyl halides is 3. The molecule has 1 aliphatic heterocycles. The van der Waals surface area contributed by atoms with Crippen LogP contribution in [0.15, 0.2) is 63.7 Å². The van der Waals surface area contributed by atoms with Gasteiger partial charge in [0.05, 0.1) is 22.7 Å². The van der Waals surface area contributed by atoms with Gasteiger partial charge in [0.2, 0.25) is 0 Å². The van der Waals surface area contributed by atoms with Crippen molar-refractivity contribution in [1.29, 1.82) is 0 Å². The van der Waals surface area contributed by atoms with E-state index in [1.165, 1.54) is 46.6 Å². The number of nitrogens with zero attached hydrogens (tertiary/aromatic N) is 3. The molecule has 0 atom stereocenters. The van der Waals surface area contributed by atoms with Gasteiger partial charge in [-0.3, -0.25) is 9.36 Å². The van der Waals surface area contributed by atoms with Crippen molar-refractivity contribution in [2.24, 2.45) is 0 Å². The van der Waals surface area contributed by atoms with E-state index < -0.39 is 11.7 Å². The van der Waals surface area contributed by atoms with Crippen molar-refractivity contribution < 1.29 is 30.1 Å². The fourth-order valence-corrected chi connectivity index (χ4v) is 7.79. The number of fused-ring (bicyclic) bond motifs is 1. The Morgan fingerprint density at radius 2 is 1.95 bits per heavy atom. The second-order valence-corrected chi connectivity index (χ2v) is 11.8. The van der Waals surface area contributed by atoms with E-state index in [1.807, 2.05) is 59.3 Å². The smallest absolute Gasteiger partial charge is 0.416 e. The van der Waals surface area contributed by atoms with Gasteiger partial charge in [-0.15, -0.1) is 11.3 Å². The maximum Gasteiger partial charge on any atom is 0.416 e. The first-order valence-electron chi connectivity index (χ1n) is 11.5.